The monoisotopic (exact) mass is 496 g/mol. The number of benzene rings is 2. The lowest BCUT2D eigenvalue weighted by atomic mass is 10.00. The summed E-state index contributed by atoms with van der Waals surface area (Å²) in [4.78, 5) is 15.4. The van der Waals surface area contributed by atoms with E-state index in [1.165, 1.54) is 11.3 Å². The quantitative estimate of drug-likeness (QED) is 0.252. The second-order valence-electron chi connectivity index (χ2n) is 7.32. The van der Waals surface area contributed by atoms with Gasteiger partial charge in [-0.25, -0.2) is 15.0 Å². The summed E-state index contributed by atoms with van der Waals surface area (Å²) in [6.45, 7) is 0. The van der Waals surface area contributed by atoms with Crippen LogP contribution in [0.15, 0.2) is 55.0 Å². The van der Waals surface area contributed by atoms with Gasteiger partial charge in [-0.1, -0.05) is 35.3 Å². The van der Waals surface area contributed by atoms with Crippen molar-refractivity contribution >= 4 is 44.8 Å². The molecule has 3 heterocycles. The van der Waals surface area contributed by atoms with Gasteiger partial charge in [0, 0.05) is 34.3 Å². The van der Waals surface area contributed by atoms with Crippen LogP contribution in [0.5, 0.6) is 11.5 Å². The summed E-state index contributed by atoms with van der Waals surface area (Å²) in [7, 11) is 5.16. The van der Waals surface area contributed by atoms with Crippen LogP contribution in [0.25, 0.3) is 43.3 Å². The third-order valence-electron chi connectivity index (χ3n) is 5.24. The fourth-order valence-electron chi connectivity index (χ4n) is 3.63. The number of fused-ring (bicyclic) bond motifs is 1. The molecule has 6 nitrogen and oxygen atoms in total. The smallest absolute Gasteiger partial charge is 0.182 e. The van der Waals surface area contributed by atoms with Crippen molar-refractivity contribution in [3.8, 4) is 44.6 Å². The predicted molar refractivity (Wildman–Crippen MR) is 134 cm³/mol. The number of nitrogens with zero attached hydrogens (tertiary/aromatic N) is 4. The van der Waals surface area contributed by atoms with Gasteiger partial charge in [-0.15, -0.1) is 11.3 Å². The van der Waals surface area contributed by atoms with Crippen LogP contribution in [0.3, 0.4) is 0 Å². The van der Waals surface area contributed by atoms with E-state index in [0.29, 0.717) is 27.4 Å². The number of imidazole rings is 1. The van der Waals surface area contributed by atoms with Crippen LogP contribution < -0.4 is 9.47 Å². The van der Waals surface area contributed by atoms with Crippen LogP contribution in [-0.4, -0.2) is 33.7 Å². The molecule has 0 aliphatic rings. The maximum absolute atomic E-state index is 6.77. The van der Waals surface area contributed by atoms with E-state index in [0.717, 1.165) is 37.5 Å². The minimum Gasteiger partial charge on any atom is -0.497 e. The Kier molecular flexibility index (Phi) is 5.70. The van der Waals surface area contributed by atoms with E-state index in [1.807, 2.05) is 60.3 Å². The van der Waals surface area contributed by atoms with Crippen molar-refractivity contribution in [2.45, 2.75) is 0 Å². The van der Waals surface area contributed by atoms with Crippen LogP contribution >= 0.6 is 34.5 Å². The fraction of sp³-hybridized carbons (Fsp3) is 0.125. The number of ether oxygens (including phenoxy) is 2. The molecule has 9 heteroatoms. The largest absolute Gasteiger partial charge is 0.497 e. The Morgan fingerprint density at radius 1 is 0.939 bits per heavy atom. The Morgan fingerprint density at radius 2 is 1.67 bits per heavy atom. The lowest BCUT2D eigenvalue weighted by Gasteiger charge is -2.10. The van der Waals surface area contributed by atoms with Gasteiger partial charge in [0.25, 0.3) is 0 Å². The van der Waals surface area contributed by atoms with Gasteiger partial charge in [0.2, 0.25) is 0 Å². The number of methoxy groups -OCH3 is 2. The summed E-state index contributed by atoms with van der Waals surface area (Å²) in [5, 5.41) is 1.72. The van der Waals surface area contributed by atoms with Gasteiger partial charge >= 0.3 is 0 Å². The van der Waals surface area contributed by atoms with Crippen LogP contribution in [0, 0.1) is 0 Å². The standard InChI is InChI=1S/C24H18Cl2N4O2S/c1-30-11-18(27-12-30)23-28-22(26)20-19(13-4-6-14(31-2)7-5-13)21(33-24(20)29-23)16-10-15(32-3)8-9-17(16)25/h4-12H,1-3H3. The van der Waals surface area contributed by atoms with Crippen molar-refractivity contribution in [1.29, 1.82) is 0 Å². The Hall–Kier alpha value is -3.13. The predicted octanol–water partition coefficient (Wildman–Crippen LogP) is 6.75. The lowest BCUT2D eigenvalue weighted by Crippen LogP contribution is -1.91. The first-order valence-electron chi connectivity index (χ1n) is 9.95. The molecule has 33 heavy (non-hydrogen) atoms. The fourth-order valence-corrected chi connectivity index (χ4v) is 5.45. The Balaban J connectivity index is 1.81. The molecule has 0 spiro atoms. The number of aryl methyl sites for hydroxylation is 1. The molecule has 166 valence electrons. The Morgan fingerprint density at radius 3 is 2.33 bits per heavy atom. The van der Waals surface area contributed by atoms with Crippen molar-refractivity contribution < 1.29 is 9.47 Å². The van der Waals surface area contributed by atoms with E-state index >= 15 is 0 Å². The molecule has 0 unspecified atom stereocenters. The van der Waals surface area contributed by atoms with E-state index in [9.17, 15) is 0 Å². The number of aromatic nitrogens is 4. The van der Waals surface area contributed by atoms with Gasteiger partial charge in [0.05, 0.1) is 25.9 Å². The minimum atomic E-state index is 0.355. The third-order valence-corrected chi connectivity index (χ3v) is 6.96. The van der Waals surface area contributed by atoms with Gasteiger partial charge < -0.3 is 14.0 Å². The molecule has 0 aliphatic carbocycles. The highest BCUT2D eigenvalue weighted by atomic mass is 35.5. The third kappa shape index (κ3) is 3.93. The van der Waals surface area contributed by atoms with Crippen molar-refractivity contribution in [3.05, 3.63) is 65.2 Å². The van der Waals surface area contributed by atoms with Gasteiger partial charge in [-0.2, -0.15) is 0 Å². The maximum Gasteiger partial charge on any atom is 0.182 e. The summed E-state index contributed by atoms with van der Waals surface area (Å²) in [6, 6.07) is 13.4. The number of halogens is 2. The average Bonchev–Trinajstić information content (AvgIpc) is 3.43. The molecule has 5 aromatic rings. The minimum absolute atomic E-state index is 0.355. The molecule has 3 aromatic heterocycles. The molecule has 0 N–H and O–H groups in total. The van der Waals surface area contributed by atoms with Gasteiger partial charge in [-0.05, 0) is 35.9 Å². The molecule has 0 aliphatic heterocycles. The van der Waals surface area contributed by atoms with Crippen LogP contribution in [0.4, 0.5) is 0 Å². The Bertz CT molecular complexity index is 1480. The van der Waals surface area contributed by atoms with E-state index in [-0.39, 0.29) is 0 Å². The molecular formula is C24H18Cl2N4O2S. The van der Waals surface area contributed by atoms with Crippen molar-refractivity contribution in [2.75, 3.05) is 14.2 Å². The zero-order valence-electron chi connectivity index (χ0n) is 18.0. The number of hydrogen-bond acceptors (Lipinski definition) is 6. The molecule has 0 bridgehead atoms. The maximum atomic E-state index is 6.77. The van der Waals surface area contributed by atoms with Crippen LogP contribution in [0.1, 0.15) is 0 Å². The average molecular weight is 497 g/mol. The number of hydrogen-bond donors (Lipinski definition) is 0. The summed E-state index contributed by atoms with van der Waals surface area (Å²) < 4.78 is 12.6. The van der Waals surface area contributed by atoms with E-state index in [2.05, 4.69) is 9.97 Å². The number of rotatable bonds is 5. The first kappa shape index (κ1) is 21.7. The molecule has 0 saturated carbocycles. The van der Waals surface area contributed by atoms with Crippen LogP contribution in [-0.2, 0) is 7.05 Å². The van der Waals surface area contributed by atoms with Gasteiger partial charge in [0.1, 0.15) is 27.2 Å². The SMILES string of the molecule is COc1ccc(-c2c(-c3cc(OC)ccc3Cl)sc3nc(-c4cn(C)cn4)nc(Cl)c23)cc1. The van der Waals surface area contributed by atoms with E-state index in [4.69, 9.17) is 37.7 Å². The van der Waals surface area contributed by atoms with Crippen molar-refractivity contribution in [3.63, 3.8) is 0 Å². The molecule has 0 atom stereocenters. The normalized spacial score (nSPS) is 11.2. The van der Waals surface area contributed by atoms with Gasteiger partial charge in [0.15, 0.2) is 5.82 Å². The number of thiophene rings is 1. The molecule has 0 fully saturated rings. The molecule has 0 radical (unpaired) electrons. The summed E-state index contributed by atoms with van der Waals surface area (Å²) in [5.41, 5.74) is 3.35. The first-order chi connectivity index (χ1) is 16.0. The summed E-state index contributed by atoms with van der Waals surface area (Å²) >= 11 is 14.9. The lowest BCUT2D eigenvalue weighted by molar-refractivity contribution is 0.415. The van der Waals surface area contributed by atoms with Crippen molar-refractivity contribution in [1.82, 2.24) is 19.5 Å². The Labute approximate surface area is 204 Å². The second kappa shape index (κ2) is 8.67. The first-order valence-corrected chi connectivity index (χ1v) is 11.5. The highest BCUT2D eigenvalue weighted by Gasteiger charge is 2.23. The zero-order valence-corrected chi connectivity index (χ0v) is 20.3. The molecule has 2 aromatic carbocycles. The highest BCUT2D eigenvalue weighted by Crippen LogP contribution is 2.49. The molecular weight excluding hydrogens is 479 g/mol. The molecule has 0 saturated heterocycles. The van der Waals surface area contributed by atoms with Crippen molar-refractivity contribution in [2.24, 2.45) is 7.05 Å². The van der Waals surface area contributed by atoms with Gasteiger partial charge in [-0.3, -0.25) is 0 Å². The topological polar surface area (TPSA) is 62.1 Å². The summed E-state index contributed by atoms with van der Waals surface area (Å²) in [6.07, 6.45) is 3.56. The molecule has 0 amide bonds. The second-order valence-corrected chi connectivity index (χ2v) is 9.09. The molecule has 5 rings (SSSR count). The highest BCUT2D eigenvalue weighted by molar-refractivity contribution is 7.22. The summed E-state index contributed by atoms with van der Waals surface area (Å²) in [5.74, 6) is 1.94. The zero-order chi connectivity index (χ0) is 23.1. The van der Waals surface area contributed by atoms with Crippen LogP contribution in [0.2, 0.25) is 10.2 Å². The van der Waals surface area contributed by atoms with E-state index < -0.39 is 0 Å². The van der Waals surface area contributed by atoms with E-state index in [1.54, 1.807) is 20.5 Å².